The molecule has 1 heterocycles. The number of carbonyl (C=O) groups excluding carboxylic acids is 1. The van der Waals surface area contributed by atoms with Crippen LogP contribution in [0.2, 0.25) is 5.02 Å². The summed E-state index contributed by atoms with van der Waals surface area (Å²) in [7, 11) is 0. The maximum atomic E-state index is 13.8. The zero-order valence-corrected chi connectivity index (χ0v) is 11.7. The Bertz CT molecular complexity index is 460. The van der Waals surface area contributed by atoms with Gasteiger partial charge in [0.25, 0.3) is 5.91 Å². The molecule has 1 aliphatic rings. The van der Waals surface area contributed by atoms with Crippen LogP contribution in [-0.4, -0.2) is 29.9 Å². The molecule has 1 aromatic rings. The number of amides is 1. The largest absolute Gasteiger partial charge is 0.335 e. The molecule has 104 valence electrons. The van der Waals surface area contributed by atoms with Crippen molar-refractivity contribution >= 4 is 17.5 Å². The number of piperidine rings is 1. The summed E-state index contributed by atoms with van der Waals surface area (Å²) in [5.74, 6) is -0.626. The van der Waals surface area contributed by atoms with Crippen LogP contribution in [0.15, 0.2) is 18.2 Å². The number of likely N-dealkylation sites (tertiary alicyclic amines) is 1. The quantitative estimate of drug-likeness (QED) is 0.907. The zero-order valence-electron chi connectivity index (χ0n) is 10.9. The second kappa shape index (κ2) is 5.88. The van der Waals surface area contributed by atoms with Crippen molar-refractivity contribution in [1.82, 2.24) is 4.90 Å². The highest BCUT2D eigenvalue weighted by Crippen LogP contribution is 2.26. The third-order valence-corrected chi connectivity index (χ3v) is 4.07. The molecule has 1 aliphatic heterocycles. The van der Waals surface area contributed by atoms with E-state index in [0.717, 1.165) is 12.8 Å². The van der Waals surface area contributed by atoms with Gasteiger partial charge in [-0.1, -0.05) is 17.7 Å². The van der Waals surface area contributed by atoms with Crippen LogP contribution in [0.1, 0.15) is 30.1 Å². The normalized spacial score (nSPS) is 23.5. The summed E-state index contributed by atoms with van der Waals surface area (Å²) in [6.45, 7) is 3.09. The Hall–Kier alpha value is -1.13. The molecule has 0 spiro atoms. The van der Waals surface area contributed by atoms with E-state index >= 15 is 0 Å². The number of halogens is 2. The minimum atomic E-state index is -0.570. The van der Waals surface area contributed by atoms with E-state index < -0.39 is 5.82 Å². The number of carbonyl (C=O) groups is 1. The average molecular weight is 285 g/mol. The molecule has 0 aliphatic carbocycles. The van der Waals surface area contributed by atoms with Crippen molar-refractivity contribution in [3.63, 3.8) is 0 Å². The summed E-state index contributed by atoms with van der Waals surface area (Å²) in [5.41, 5.74) is 5.64. The van der Waals surface area contributed by atoms with Gasteiger partial charge in [-0.2, -0.15) is 0 Å². The SMILES string of the molecule is CC1CCC(CN)CN1C(=O)c1c(F)cccc1Cl. The molecule has 2 atom stereocenters. The third kappa shape index (κ3) is 2.90. The molecule has 2 unspecified atom stereocenters. The highest BCUT2D eigenvalue weighted by atomic mass is 35.5. The predicted molar refractivity (Wildman–Crippen MR) is 73.7 cm³/mol. The van der Waals surface area contributed by atoms with E-state index in [4.69, 9.17) is 17.3 Å². The van der Waals surface area contributed by atoms with Crippen molar-refractivity contribution in [3.05, 3.63) is 34.6 Å². The fourth-order valence-corrected chi connectivity index (χ4v) is 2.75. The number of hydrogen-bond donors (Lipinski definition) is 1. The van der Waals surface area contributed by atoms with E-state index in [0.29, 0.717) is 13.1 Å². The van der Waals surface area contributed by atoms with Gasteiger partial charge in [-0.25, -0.2) is 4.39 Å². The molecular weight excluding hydrogens is 267 g/mol. The Morgan fingerprint density at radius 1 is 1.53 bits per heavy atom. The van der Waals surface area contributed by atoms with Gasteiger partial charge in [0.1, 0.15) is 5.82 Å². The van der Waals surface area contributed by atoms with Gasteiger partial charge >= 0.3 is 0 Å². The first-order valence-electron chi connectivity index (χ1n) is 6.49. The minimum absolute atomic E-state index is 0.0336. The molecule has 1 amide bonds. The second-order valence-corrected chi connectivity index (χ2v) is 5.49. The maximum Gasteiger partial charge on any atom is 0.258 e. The van der Waals surface area contributed by atoms with Gasteiger partial charge in [-0.15, -0.1) is 0 Å². The molecule has 2 rings (SSSR count). The maximum absolute atomic E-state index is 13.8. The van der Waals surface area contributed by atoms with E-state index in [-0.39, 0.29) is 28.5 Å². The molecule has 5 heteroatoms. The third-order valence-electron chi connectivity index (χ3n) is 3.75. The van der Waals surface area contributed by atoms with Crippen molar-refractivity contribution < 1.29 is 9.18 Å². The first-order valence-corrected chi connectivity index (χ1v) is 6.87. The lowest BCUT2D eigenvalue weighted by atomic mass is 9.93. The molecule has 0 bridgehead atoms. The Morgan fingerprint density at radius 2 is 2.26 bits per heavy atom. The minimum Gasteiger partial charge on any atom is -0.335 e. The molecule has 0 radical (unpaired) electrons. The molecular formula is C14H18ClFN2O. The van der Waals surface area contributed by atoms with E-state index in [9.17, 15) is 9.18 Å². The van der Waals surface area contributed by atoms with Crippen molar-refractivity contribution in [1.29, 1.82) is 0 Å². The van der Waals surface area contributed by atoms with Crippen molar-refractivity contribution in [2.24, 2.45) is 11.7 Å². The van der Waals surface area contributed by atoms with Gasteiger partial charge in [0.05, 0.1) is 10.6 Å². The summed E-state index contributed by atoms with van der Waals surface area (Å²) < 4.78 is 13.8. The van der Waals surface area contributed by atoms with Crippen LogP contribution in [0.3, 0.4) is 0 Å². The van der Waals surface area contributed by atoms with E-state index in [2.05, 4.69) is 0 Å². The molecule has 0 aromatic heterocycles. The number of nitrogens with two attached hydrogens (primary N) is 1. The van der Waals surface area contributed by atoms with E-state index in [1.807, 2.05) is 6.92 Å². The molecule has 2 N–H and O–H groups in total. The van der Waals surface area contributed by atoms with Gasteiger partial charge in [-0.3, -0.25) is 4.79 Å². The Balaban J connectivity index is 2.27. The van der Waals surface area contributed by atoms with E-state index in [1.165, 1.54) is 18.2 Å². The fourth-order valence-electron chi connectivity index (χ4n) is 2.50. The van der Waals surface area contributed by atoms with Gasteiger partial charge in [0.2, 0.25) is 0 Å². The standard InChI is InChI=1S/C14H18ClFN2O/c1-9-5-6-10(7-17)8-18(9)14(19)13-11(15)3-2-4-12(13)16/h2-4,9-10H,5-8,17H2,1H3. The van der Waals surface area contributed by atoms with Gasteiger partial charge in [0, 0.05) is 12.6 Å². The topological polar surface area (TPSA) is 46.3 Å². The van der Waals surface area contributed by atoms with Crippen LogP contribution in [-0.2, 0) is 0 Å². The van der Waals surface area contributed by atoms with Crippen LogP contribution in [0.4, 0.5) is 4.39 Å². The zero-order chi connectivity index (χ0) is 14.0. The Kier molecular flexibility index (Phi) is 4.42. The summed E-state index contributed by atoms with van der Waals surface area (Å²) >= 11 is 5.95. The molecule has 19 heavy (non-hydrogen) atoms. The van der Waals surface area contributed by atoms with Crippen LogP contribution in [0.25, 0.3) is 0 Å². The molecule has 0 saturated carbocycles. The number of nitrogens with zero attached hydrogens (tertiary/aromatic N) is 1. The predicted octanol–water partition coefficient (Wildman–Crippen LogP) is 2.68. The lowest BCUT2D eigenvalue weighted by molar-refractivity contribution is 0.0562. The highest BCUT2D eigenvalue weighted by molar-refractivity contribution is 6.33. The summed E-state index contributed by atoms with van der Waals surface area (Å²) in [5, 5.41) is 0.159. The molecule has 1 aromatic carbocycles. The lowest BCUT2D eigenvalue weighted by Gasteiger charge is -2.37. The fraction of sp³-hybridized carbons (Fsp3) is 0.500. The summed E-state index contributed by atoms with van der Waals surface area (Å²) in [6, 6.07) is 4.38. The Labute approximate surface area is 117 Å². The number of hydrogen-bond acceptors (Lipinski definition) is 2. The first kappa shape index (κ1) is 14.3. The molecule has 1 fully saturated rings. The van der Waals surface area contributed by atoms with Gasteiger partial charge < -0.3 is 10.6 Å². The number of rotatable bonds is 2. The van der Waals surface area contributed by atoms with Crippen LogP contribution < -0.4 is 5.73 Å². The second-order valence-electron chi connectivity index (χ2n) is 5.08. The first-order chi connectivity index (χ1) is 9.04. The van der Waals surface area contributed by atoms with Gasteiger partial charge in [0.15, 0.2) is 0 Å². The summed E-state index contributed by atoms with van der Waals surface area (Å²) in [4.78, 5) is 14.2. The van der Waals surface area contributed by atoms with Crippen molar-refractivity contribution in [2.75, 3.05) is 13.1 Å². The van der Waals surface area contributed by atoms with Crippen molar-refractivity contribution in [2.45, 2.75) is 25.8 Å². The van der Waals surface area contributed by atoms with Crippen molar-refractivity contribution in [3.8, 4) is 0 Å². The number of benzene rings is 1. The van der Waals surface area contributed by atoms with Crippen LogP contribution in [0, 0.1) is 11.7 Å². The molecule has 3 nitrogen and oxygen atoms in total. The lowest BCUT2D eigenvalue weighted by Crippen LogP contribution is -2.47. The van der Waals surface area contributed by atoms with E-state index in [1.54, 1.807) is 4.90 Å². The summed E-state index contributed by atoms with van der Waals surface area (Å²) in [6.07, 6.45) is 1.89. The van der Waals surface area contributed by atoms with Gasteiger partial charge in [-0.05, 0) is 44.4 Å². The smallest absolute Gasteiger partial charge is 0.258 e. The molecule has 1 saturated heterocycles. The average Bonchev–Trinajstić information content (AvgIpc) is 2.39. The Morgan fingerprint density at radius 3 is 2.89 bits per heavy atom. The van der Waals surface area contributed by atoms with Crippen LogP contribution >= 0.6 is 11.6 Å². The monoisotopic (exact) mass is 284 g/mol. The van der Waals surface area contributed by atoms with Crippen LogP contribution in [0.5, 0.6) is 0 Å². The highest BCUT2D eigenvalue weighted by Gasteiger charge is 2.31.